The van der Waals surface area contributed by atoms with Crippen molar-refractivity contribution in [1.29, 1.82) is 0 Å². The van der Waals surface area contributed by atoms with Crippen LogP contribution in [0.2, 0.25) is 0 Å². The Labute approximate surface area is 498 Å². The van der Waals surface area contributed by atoms with Crippen molar-refractivity contribution in [2.75, 3.05) is 0 Å². The van der Waals surface area contributed by atoms with Gasteiger partial charge in [0.15, 0.2) is 0 Å². The molecule has 9 heteroatoms. The monoisotopic (exact) mass is 1130 g/mol. The van der Waals surface area contributed by atoms with Gasteiger partial charge in [0, 0.05) is 50.2 Å². The Morgan fingerprint density at radius 2 is 0.476 bits per heavy atom. The van der Waals surface area contributed by atoms with Crippen molar-refractivity contribution in [2.24, 2.45) is 0 Å². The molecular weight excluding hydrogens is 1080 g/mol. The number of aromatic nitrogens is 8. The molecule has 0 aliphatic carbocycles. The van der Waals surface area contributed by atoms with Crippen molar-refractivity contribution < 1.29 is 19.5 Å². The predicted molar refractivity (Wildman–Crippen MR) is 343 cm³/mol. The first-order valence-corrected chi connectivity index (χ1v) is 27.8. The molecule has 0 radical (unpaired) electrons. The Balaban J connectivity index is 0.000000155. The third-order valence-corrected chi connectivity index (χ3v) is 15.6. The van der Waals surface area contributed by atoms with Gasteiger partial charge < -0.3 is 29.9 Å². The first kappa shape index (κ1) is 53.0. The predicted octanol–water partition coefficient (Wildman–Crippen LogP) is 18.4. The average Bonchev–Trinajstić information content (AvgIpc) is 3.18. The smallest absolute Gasteiger partial charge is 0.357 e. The second kappa shape index (κ2) is 22.9. The Hall–Kier alpha value is -10.3. The molecule has 5 heterocycles. The number of hydrogen-bond donors (Lipinski definition) is 0. The summed E-state index contributed by atoms with van der Waals surface area (Å²) in [6, 6.07) is 89.5. The van der Waals surface area contributed by atoms with Crippen LogP contribution in [-0.4, -0.2) is 29.9 Å². The SMILES string of the molecule is Cc1cccc2ccccc12.Cc1cccc2ccccc12.Cc1cccc2ccccc12.[Zn+2].c1ccc2c(c1)-c1nc-2nc2[n-]c(nc3nc(nc4[n-]c(n1)c1ccccc41)-c1ccccc1-3)c1c(-c3cccc4ccccc34)cccc21. The molecule has 8 nitrogen and oxygen atoms in total. The van der Waals surface area contributed by atoms with E-state index >= 15 is 0 Å². The number of hydrogen-bond acceptors (Lipinski definition) is 6. The van der Waals surface area contributed by atoms with Crippen molar-refractivity contribution in [3.8, 4) is 56.7 Å². The fraction of sp³-hybridized carbons (Fsp3) is 0.0400. The van der Waals surface area contributed by atoms with E-state index in [1.807, 2.05) is 72.8 Å². The summed E-state index contributed by atoms with van der Waals surface area (Å²) in [4.78, 5) is 40.5. The number of aryl methyl sites for hydroxylation is 3. The summed E-state index contributed by atoms with van der Waals surface area (Å²) in [5, 5.41) is 13.9. The summed E-state index contributed by atoms with van der Waals surface area (Å²) in [6.45, 7) is 6.42. The maximum atomic E-state index is 5.22. The summed E-state index contributed by atoms with van der Waals surface area (Å²) in [5.41, 5.74) is 11.8. The first-order valence-electron chi connectivity index (χ1n) is 27.8. The minimum absolute atomic E-state index is 0. The van der Waals surface area contributed by atoms with E-state index in [1.165, 1.54) is 49.0 Å². The van der Waals surface area contributed by atoms with Gasteiger partial charge in [-0.15, -0.1) is 0 Å². The molecule has 394 valence electrons. The summed E-state index contributed by atoms with van der Waals surface area (Å²) in [6.07, 6.45) is 0. The van der Waals surface area contributed by atoms with E-state index < -0.39 is 0 Å². The Bertz CT molecular complexity index is 4970. The Morgan fingerprint density at radius 1 is 0.214 bits per heavy atom. The van der Waals surface area contributed by atoms with Gasteiger partial charge in [-0.2, -0.15) is 0 Å². The van der Waals surface area contributed by atoms with Crippen molar-refractivity contribution in [3.05, 3.63) is 278 Å². The second-order valence-corrected chi connectivity index (χ2v) is 20.8. The summed E-state index contributed by atoms with van der Waals surface area (Å²) < 4.78 is 0. The number of nitrogens with zero attached hydrogens (tertiary/aromatic N) is 8. The number of rotatable bonds is 1. The van der Waals surface area contributed by atoms with Crippen LogP contribution in [0.4, 0.5) is 0 Å². The quantitative estimate of drug-likeness (QED) is 0.150. The third kappa shape index (κ3) is 10.1. The number of benzene rings is 12. The Kier molecular flexibility index (Phi) is 14.4. The van der Waals surface area contributed by atoms with Crippen molar-refractivity contribution >= 4 is 87.2 Å². The van der Waals surface area contributed by atoms with Crippen LogP contribution in [0, 0.1) is 20.8 Å². The van der Waals surface area contributed by atoms with Crippen LogP contribution in [-0.2, 0) is 19.5 Å². The molecule has 0 fully saturated rings. The fourth-order valence-corrected chi connectivity index (χ4v) is 11.4. The van der Waals surface area contributed by atoms with Gasteiger partial charge in [0.25, 0.3) is 0 Å². The maximum Gasteiger partial charge on any atom is 2.00 e. The molecule has 0 unspecified atom stereocenters. The van der Waals surface area contributed by atoms with Gasteiger partial charge in [-0.3, -0.25) is 0 Å². The molecule has 0 saturated carbocycles. The van der Waals surface area contributed by atoms with Crippen LogP contribution < -0.4 is 9.97 Å². The van der Waals surface area contributed by atoms with E-state index in [9.17, 15) is 0 Å². The van der Waals surface area contributed by atoms with E-state index in [0.29, 0.717) is 45.9 Å². The van der Waals surface area contributed by atoms with Crippen LogP contribution in [0.1, 0.15) is 16.7 Å². The molecule has 8 bridgehead atoms. The molecule has 0 N–H and O–H groups in total. The van der Waals surface area contributed by atoms with E-state index in [-0.39, 0.29) is 19.5 Å². The standard InChI is InChI=1S/C42H22N8.3C11H10.Zn/c1-2-13-24-23(11-1)12-9-20-25(24)26-21-10-22-33-34(26)42-49-40-32-19-8-7-18-31(32)38(47-40)45-36-28-15-4-3-14-27(28)35(43-36)44-37-29-16-5-6-17-30(29)39(46-37)48-41(33)50-42;3*1-9-5-4-7-10-6-2-3-8-11(9)10;/h1-22H;3*2-8H,1H3;/q-2;;;;+2. The normalized spacial score (nSPS) is 11.2. The van der Waals surface area contributed by atoms with E-state index in [2.05, 4.69) is 209 Å². The second-order valence-electron chi connectivity index (χ2n) is 20.8. The van der Waals surface area contributed by atoms with Crippen LogP contribution in [0.15, 0.2) is 261 Å². The van der Waals surface area contributed by atoms with Crippen LogP contribution in [0.5, 0.6) is 0 Å². The molecule has 12 aromatic carbocycles. The van der Waals surface area contributed by atoms with Crippen molar-refractivity contribution in [2.45, 2.75) is 20.8 Å². The molecule has 0 saturated heterocycles. The molecule has 84 heavy (non-hydrogen) atoms. The van der Waals surface area contributed by atoms with Gasteiger partial charge in [0.1, 0.15) is 0 Å². The molecular formula is C75H52N8Zn. The summed E-state index contributed by atoms with van der Waals surface area (Å²) in [5.74, 6) is 2.14. The molecule has 15 aromatic rings. The molecule has 0 atom stereocenters. The Morgan fingerprint density at radius 3 is 0.893 bits per heavy atom. The van der Waals surface area contributed by atoms with E-state index in [1.54, 1.807) is 0 Å². The van der Waals surface area contributed by atoms with Gasteiger partial charge in [-0.25, -0.2) is 9.97 Å². The van der Waals surface area contributed by atoms with Crippen LogP contribution in [0.25, 0.3) is 144 Å². The van der Waals surface area contributed by atoms with Gasteiger partial charge in [0.2, 0.25) is 0 Å². The zero-order valence-electron chi connectivity index (χ0n) is 46.6. The average molecular weight is 1130 g/mol. The van der Waals surface area contributed by atoms with Crippen LogP contribution >= 0.6 is 0 Å². The molecule has 0 spiro atoms. The van der Waals surface area contributed by atoms with Gasteiger partial charge in [-0.05, 0) is 108 Å². The summed E-state index contributed by atoms with van der Waals surface area (Å²) >= 11 is 0. The minimum atomic E-state index is 0. The van der Waals surface area contributed by atoms with Gasteiger partial charge >= 0.3 is 19.5 Å². The van der Waals surface area contributed by atoms with Gasteiger partial charge in [0.05, 0.1) is 23.3 Å². The molecule has 2 aliphatic heterocycles. The zero-order valence-corrected chi connectivity index (χ0v) is 49.6. The maximum absolute atomic E-state index is 5.22. The topological polar surface area (TPSA) is 106 Å². The van der Waals surface area contributed by atoms with Crippen LogP contribution in [0.3, 0.4) is 0 Å². The fourth-order valence-electron chi connectivity index (χ4n) is 11.4. The number of fused-ring (bicyclic) bond motifs is 24. The third-order valence-electron chi connectivity index (χ3n) is 15.6. The summed E-state index contributed by atoms with van der Waals surface area (Å²) in [7, 11) is 0. The van der Waals surface area contributed by atoms with Gasteiger partial charge in [-0.1, -0.05) is 261 Å². The van der Waals surface area contributed by atoms with Crippen molar-refractivity contribution in [3.63, 3.8) is 0 Å². The van der Waals surface area contributed by atoms with E-state index in [4.69, 9.17) is 39.9 Å². The first-order chi connectivity index (χ1) is 40.9. The molecule has 0 amide bonds. The molecule has 2 aliphatic rings. The molecule has 3 aromatic heterocycles. The molecule has 17 rings (SSSR count). The minimum Gasteiger partial charge on any atom is -0.357 e. The largest absolute Gasteiger partial charge is 2.00 e. The zero-order chi connectivity index (χ0) is 55.8. The van der Waals surface area contributed by atoms with E-state index in [0.717, 1.165) is 65.7 Å². The van der Waals surface area contributed by atoms with Crippen molar-refractivity contribution in [1.82, 2.24) is 39.9 Å².